The molecule has 0 bridgehead atoms. The number of nitrogens with zero attached hydrogens (tertiary/aromatic N) is 2. The van der Waals surface area contributed by atoms with Gasteiger partial charge >= 0.3 is 0 Å². The highest BCUT2D eigenvalue weighted by Gasteiger charge is 2.32. The second-order valence-corrected chi connectivity index (χ2v) is 12.0. The van der Waals surface area contributed by atoms with Crippen LogP contribution in [0.15, 0.2) is 87.8 Å². The molecule has 0 aromatic heterocycles. The van der Waals surface area contributed by atoms with Crippen LogP contribution in [-0.2, 0) is 32.6 Å². The van der Waals surface area contributed by atoms with Crippen molar-refractivity contribution in [1.82, 2.24) is 10.2 Å². The van der Waals surface area contributed by atoms with Crippen LogP contribution in [-0.4, -0.2) is 51.0 Å². The molecule has 0 saturated heterocycles. The smallest absolute Gasteiger partial charge is 0.244 e. The van der Waals surface area contributed by atoms with E-state index in [9.17, 15) is 18.0 Å². The quantitative estimate of drug-likeness (QED) is 0.358. The first kappa shape index (κ1) is 27.9. The molecule has 0 aliphatic heterocycles. The summed E-state index contributed by atoms with van der Waals surface area (Å²) in [6.07, 6.45) is 1.33. The molecule has 7 nitrogen and oxygen atoms in total. The third-order valence-electron chi connectivity index (χ3n) is 5.53. The fourth-order valence-corrected chi connectivity index (χ4v) is 5.47. The van der Waals surface area contributed by atoms with Crippen LogP contribution < -0.4 is 9.62 Å². The lowest BCUT2D eigenvalue weighted by molar-refractivity contribution is -0.139. The van der Waals surface area contributed by atoms with Crippen LogP contribution >= 0.6 is 31.9 Å². The Labute approximate surface area is 228 Å². The molecule has 36 heavy (non-hydrogen) atoms. The number of carbonyl (C=O) groups is 2. The lowest BCUT2D eigenvalue weighted by Crippen LogP contribution is -2.52. The van der Waals surface area contributed by atoms with Crippen molar-refractivity contribution in [2.24, 2.45) is 0 Å². The van der Waals surface area contributed by atoms with Crippen LogP contribution in [0.1, 0.15) is 11.1 Å². The molecule has 0 radical (unpaired) electrons. The van der Waals surface area contributed by atoms with E-state index in [1.54, 1.807) is 24.3 Å². The van der Waals surface area contributed by atoms with E-state index in [4.69, 9.17) is 0 Å². The Bertz CT molecular complexity index is 1320. The number of carbonyl (C=O) groups excluding carboxylic acids is 2. The monoisotopic (exact) mass is 635 g/mol. The van der Waals surface area contributed by atoms with Crippen molar-refractivity contribution in [3.8, 4) is 0 Å². The minimum atomic E-state index is -3.80. The maximum atomic E-state index is 13.8. The van der Waals surface area contributed by atoms with Crippen molar-refractivity contribution in [3.63, 3.8) is 0 Å². The molecule has 3 rings (SSSR count). The van der Waals surface area contributed by atoms with Gasteiger partial charge in [0.15, 0.2) is 0 Å². The van der Waals surface area contributed by atoms with Crippen LogP contribution in [0.5, 0.6) is 0 Å². The Morgan fingerprint density at radius 2 is 1.50 bits per heavy atom. The van der Waals surface area contributed by atoms with Crippen LogP contribution in [0.25, 0.3) is 0 Å². The summed E-state index contributed by atoms with van der Waals surface area (Å²) in [5.74, 6) is -0.833. The molecule has 0 heterocycles. The number of hydrogen-bond donors (Lipinski definition) is 1. The maximum Gasteiger partial charge on any atom is 0.244 e. The Morgan fingerprint density at radius 3 is 2.08 bits per heavy atom. The Kier molecular flexibility index (Phi) is 9.69. The first-order chi connectivity index (χ1) is 17.1. The zero-order chi connectivity index (χ0) is 26.3. The minimum Gasteiger partial charge on any atom is -0.357 e. The normalized spacial score (nSPS) is 12.0. The highest BCUT2D eigenvalue weighted by atomic mass is 79.9. The van der Waals surface area contributed by atoms with E-state index in [1.807, 2.05) is 54.6 Å². The van der Waals surface area contributed by atoms with Gasteiger partial charge in [0.05, 0.1) is 11.9 Å². The number of benzene rings is 3. The summed E-state index contributed by atoms with van der Waals surface area (Å²) in [6.45, 7) is -0.329. The van der Waals surface area contributed by atoms with E-state index in [-0.39, 0.29) is 18.9 Å². The van der Waals surface area contributed by atoms with E-state index in [0.29, 0.717) is 10.2 Å². The second kappa shape index (κ2) is 12.5. The van der Waals surface area contributed by atoms with Crippen molar-refractivity contribution in [2.75, 3.05) is 24.2 Å². The van der Waals surface area contributed by atoms with Crippen molar-refractivity contribution >= 4 is 59.4 Å². The van der Waals surface area contributed by atoms with Crippen LogP contribution in [0.3, 0.4) is 0 Å². The zero-order valence-corrected chi connectivity index (χ0v) is 23.9. The van der Waals surface area contributed by atoms with Gasteiger partial charge in [0.2, 0.25) is 21.8 Å². The molecule has 0 fully saturated rings. The summed E-state index contributed by atoms with van der Waals surface area (Å²) in [7, 11) is -2.28. The molecular weight excluding hydrogens is 610 g/mol. The van der Waals surface area contributed by atoms with E-state index in [0.717, 1.165) is 26.2 Å². The number of hydrogen-bond acceptors (Lipinski definition) is 4. The van der Waals surface area contributed by atoms with E-state index in [1.165, 1.54) is 11.9 Å². The molecule has 0 saturated carbocycles. The minimum absolute atomic E-state index is 0.124. The Hall–Kier alpha value is -2.69. The van der Waals surface area contributed by atoms with Crippen LogP contribution in [0.2, 0.25) is 0 Å². The molecule has 0 aliphatic rings. The molecule has 2 amide bonds. The molecular formula is C26H27Br2N3O4S. The summed E-state index contributed by atoms with van der Waals surface area (Å²) in [5.41, 5.74) is 2.03. The fourth-order valence-electron chi connectivity index (χ4n) is 3.80. The van der Waals surface area contributed by atoms with Gasteiger partial charge in [-0.25, -0.2) is 8.42 Å². The van der Waals surface area contributed by atoms with Gasteiger partial charge in [0.25, 0.3) is 0 Å². The molecule has 190 valence electrons. The maximum absolute atomic E-state index is 13.8. The molecule has 3 aromatic rings. The Morgan fingerprint density at radius 1 is 0.889 bits per heavy atom. The molecule has 0 aliphatic carbocycles. The highest BCUT2D eigenvalue weighted by molar-refractivity contribution is 9.10. The number of sulfonamides is 1. The molecule has 1 atom stereocenters. The summed E-state index contributed by atoms with van der Waals surface area (Å²) in [6, 6.07) is 22.7. The predicted octanol–water partition coefficient (Wildman–Crippen LogP) is 4.36. The standard InChI is InChI=1S/C26H27Br2N3O4S/c1-29-26(33)24(15-19-8-4-3-5-9-19)30(17-20-10-6-11-21(27)14-20)25(32)18-31(36(2,34)35)23-13-7-12-22(28)16-23/h3-14,16,24H,15,17-18H2,1-2H3,(H,29,33)/t24-/m0/s1. The van der Waals surface area contributed by atoms with Gasteiger partial charge in [-0.3, -0.25) is 13.9 Å². The van der Waals surface area contributed by atoms with Crippen molar-refractivity contribution in [2.45, 2.75) is 19.0 Å². The molecule has 3 aromatic carbocycles. The second-order valence-electron chi connectivity index (χ2n) is 8.22. The molecule has 10 heteroatoms. The van der Waals surface area contributed by atoms with Gasteiger partial charge < -0.3 is 10.2 Å². The number of rotatable bonds is 10. The van der Waals surface area contributed by atoms with Crippen molar-refractivity contribution in [3.05, 3.63) is 98.9 Å². The molecule has 0 unspecified atom stereocenters. The zero-order valence-electron chi connectivity index (χ0n) is 19.9. The van der Waals surface area contributed by atoms with Crippen molar-refractivity contribution < 1.29 is 18.0 Å². The topological polar surface area (TPSA) is 86.8 Å². The number of nitrogens with one attached hydrogen (secondary N) is 1. The predicted molar refractivity (Wildman–Crippen MR) is 149 cm³/mol. The number of halogens is 2. The molecule has 0 spiro atoms. The fraction of sp³-hybridized carbons (Fsp3) is 0.231. The van der Waals surface area contributed by atoms with E-state index >= 15 is 0 Å². The van der Waals surface area contributed by atoms with E-state index < -0.39 is 28.5 Å². The van der Waals surface area contributed by atoms with Gasteiger partial charge in [0, 0.05) is 29.0 Å². The van der Waals surface area contributed by atoms with Crippen LogP contribution in [0.4, 0.5) is 5.69 Å². The van der Waals surface area contributed by atoms with Gasteiger partial charge in [0.1, 0.15) is 12.6 Å². The lowest BCUT2D eigenvalue weighted by atomic mass is 10.0. The van der Waals surface area contributed by atoms with Gasteiger partial charge in [-0.2, -0.15) is 0 Å². The summed E-state index contributed by atoms with van der Waals surface area (Å²) in [4.78, 5) is 28.3. The summed E-state index contributed by atoms with van der Waals surface area (Å²) < 4.78 is 28.0. The third kappa shape index (κ3) is 7.65. The number of amides is 2. The average molecular weight is 637 g/mol. The first-order valence-electron chi connectivity index (χ1n) is 11.1. The van der Waals surface area contributed by atoms with Crippen LogP contribution in [0, 0.1) is 0 Å². The average Bonchev–Trinajstić information content (AvgIpc) is 2.84. The summed E-state index contributed by atoms with van der Waals surface area (Å²) in [5, 5.41) is 2.66. The van der Waals surface area contributed by atoms with Gasteiger partial charge in [-0.1, -0.05) is 80.4 Å². The largest absolute Gasteiger partial charge is 0.357 e. The first-order valence-corrected chi connectivity index (χ1v) is 14.5. The SMILES string of the molecule is CNC(=O)[C@H](Cc1ccccc1)N(Cc1cccc(Br)c1)C(=O)CN(c1cccc(Br)c1)S(C)(=O)=O. The van der Waals surface area contributed by atoms with E-state index in [2.05, 4.69) is 37.2 Å². The van der Waals surface area contributed by atoms with Gasteiger partial charge in [-0.05, 0) is 41.5 Å². The highest BCUT2D eigenvalue weighted by Crippen LogP contribution is 2.24. The molecule has 1 N–H and O–H groups in total. The van der Waals surface area contributed by atoms with Crippen molar-refractivity contribution in [1.29, 1.82) is 0 Å². The Balaban J connectivity index is 2.03. The number of anilines is 1. The third-order valence-corrected chi connectivity index (χ3v) is 7.66. The lowest BCUT2D eigenvalue weighted by Gasteiger charge is -2.33. The summed E-state index contributed by atoms with van der Waals surface area (Å²) >= 11 is 6.81. The van der Waals surface area contributed by atoms with Gasteiger partial charge in [-0.15, -0.1) is 0 Å². The number of likely N-dealkylation sites (N-methyl/N-ethyl adjacent to an activating group) is 1.